The minimum Gasteiger partial charge on any atom is -0.497 e. The molecule has 2 aromatic rings. The lowest BCUT2D eigenvalue weighted by Gasteiger charge is -2.12. The Balaban J connectivity index is 1.81. The molecule has 0 spiro atoms. The van der Waals surface area contributed by atoms with Crippen molar-refractivity contribution in [3.05, 3.63) is 53.7 Å². The highest BCUT2D eigenvalue weighted by Crippen LogP contribution is 2.12. The Morgan fingerprint density at radius 2 is 1.92 bits per heavy atom. The van der Waals surface area contributed by atoms with Crippen LogP contribution in [0.15, 0.2) is 47.6 Å². The molecule has 1 heterocycles. The molecular weight excluding hydrogens is 316 g/mol. The molecule has 0 saturated heterocycles. The van der Waals surface area contributed by atoms with E-state index in [9.17, 15) is 0 Å². The topological polar surface area (TPSA) is 67.8 Å². The van der Waals surface area contributed by atoms with E-state index in [2.05, 4.69) is 27.5 Å². The van der Waals surface area contributed by atoms with Crippen LogP contribution in [0.4, 0.5) is 0 Å². The molecule has 0 bridgehead atoms. The van der Waals surface area contributed by atoms with Gasteiger partial charge in [-0.05, 0) is 29.7 Å². The highest BCUT2D eigenvalue weighted by Gasteiger charge is 2.01. The van der Waals surface area contributed by atoms with E-state index >= 15 is 0 Å². The molecule has 0 aliphatic heterocycles. The van der Waals surface area contributed by atoms with E-state index in [-0.39, 0.29) is 0 Å². The second kappa shape index (κ2) is 10.2. The van der Waals surface area contributed by atoms with Gasteiger partial charge in [0, 0.05) is 32.4 Å². The Bertz CT molecular complexity index is 671. The van der Waals surface area contributed by atoms with Crippen LogP contribution in [0.3, 0.4) is 0 Å². The fraction of sp³-hybridized carbons (Fsp3) is 0.368. The van der Waals surface area contributed by atoms with E-state index < -0.39 is 0 Å². The van der Waals surface area contributed by atoms with Crippen molar-refractivity contribution >= 4 is 5.96 Å². The maximum Gasteiger partial charge on any atom is 0.213 e. The van der Waals surface area contributed by atoms with Crippen molar-refractivity contribution in [3.8, 4) is 11.6 Å². The molecule has 0 amide bonds. The van der Waals surface area contributed by atoms with E-state index in [1.165, 1.54) is 0 Å². The Morgan fingerprint density at radius 1 is 1.12 bits per heavy atom. The number of nitrogens with one attached hydrogen (secondary N) is 2. The molecule has 1 aromatic carbocycles. The summed E-state index contributed by atoms with van der Waals surface area (Å²) in [6.45, 7) is 4.06. The first-order chi connectivity index (χ1) is 12.2. The maximum atomic E-state index is 5.49. The standard InChI is InChI=1S/C19H26N4O2/c1-4-10-25-18-9-8-16(13-21-18)14-23-19(20-2)22-12-15-6-5-7-17(11-15)24-3/h5-9,11,13H,4,10,12,14H2,1-3H3,(H2,20,22,23). The second-order valence-corrected chi connectivity index (χ2v) is 5.48. The Morgan fingerprint density at radius 3 is 2.56 bits per heavy atom. The van der Waals surface area contributed by atoms with Crippen LogP contribution in [0.1, 0.15) is 24.5 Å². The van der Waals surface area contributed by atoms with Gasteiger partial charge < -0.3 is 20.1 Å². The summed E-state index contributed by atoms with van der Waals surface area (Å²) in [5.74, 6) is 2.24. The third-order valence-corrected chi connectivity index (χ3v) is 3.53. The molecule has 2 rings (SSSR count). The van der Waals surface area contributed by atoms with Crippen molar-refractivity contribution in [1.29, 1.82) is 0 Å². The average molecular weight is 342 g/mol. The summed E-state index contributed by atoms with van der Waals surface area (Å²) in [5.41, 5.74) is 2.19. The number of hydrogen-bond donors (Lipinski definition) is 2. The molecule has 6 nitrogen and oxygen atoms in total. The normalized spacial score (nSPS) is 11.1. The molecule has 0 unspecified atom stereocenters. The third-order valence-electron chi connectivity index (χ3n) is 3.53. The number of rotatable bonds is 8. The lowest BCUT2D eigenvalue weighted by molar-refractivity contribution is 0.305. The Kier molecular flexibility index (Phi) is 7.56. The van der Waals surface area contributed by atoms with Crippen molar-refractivity contribution < 1.29 is 9.47 Å². The van der Waals surface area contributed by atoms with E-state index in [1.807, 2.05) is 42.6 Å². The SMILES string of the molecule is CCCOc1ccc(CNC(=NC)NCc2cccc(OC)c2)cn1. The highest BCUT2D eigenvalue weighted by molar-refractivity contribution is 5.79. The van der Waals surface area contributed by atoms with Gasteiger partial charge in [-0.1, -0.05) is 25.1 Å². The van der Waals surface area contributed by atoms with Crippen molar-refractivity contribution in [2.24, 2.45) is 4.99 Å². The first-order valence-electron chi connectivity index (χ1n) is 8.40. The van der Waals surface area contributed by atoms with Crippen molar-refractivity contribution in [3.63, 3.8) is 0 Å². The predicted molar refractivity (Wildman–Crippen MR) is 100 cm³/mol. The number of aliphatic imine (C=N–C) groups is 1. The van der Waals surface area contributed by atoms with Gasteiger partial charge in [-0.25, -0.2) is 4.98 Å². The summed E-state index contributed by atoms with van der Waals surface area (Å²) in [7, 11) is 3.42. The summed E-state index contributed by atoms with van der Waals surface area (Å²) in [6.07, 6.45) is 2.79. The number of benzene rings is 1. The molecule has 0 saturated carbocycles. The molecule has 0 fully saturated rings. The number of aromatic nitrogens is 1. The van der Waals surface area contributed by atoms with Gasteiger partial charge >= 0.3 is 0 Å². The third kappa shape index (κ3) is 6.33. The van der Waals surface area contributed by atoms with E-state index in [1.54, 1.807) is 14.2 Å². The van der Waals surface area contributed by atoms with Crippen LogP contribution < -0.4 is 20.1 Å². The quantitative estimate of drug-likeness (QED) is 0.570. The molecule has 0 aliphatic rings. The second-order valence-electron chi connectivity index (χ2n) is 5.48. The van der Waals surface area contributed by atoms with Gasteiger partial charge in [0.25, 0.3) is 0 Å². The van der Waals surface area contributed by atoms with Crippen LogP contribution in [0.2, 0.25) is 0 Å². The van der Waals surface area contributed by atoms with E-state index in [0.717, 1.165) is 29.3 Å². The molecule has 6 heteroatoms. The summed E-state index contributed by atoms with van der Waals surface area (Å²) in [5, 5.41) is 6.56. The Hall–Kier alpha value is -2.76. The smallest absolute Gasteiger partial charge is 0.213 e. The molecule has 25 heavy (non-hydrogen) atoms. The monoisotopic (exact) mass is 342 g/mol. The fourth-order valence-corrected chi connectivity index (χ4v) is 2.18. The zero-order valence-electron chi connectivity index (χ0n) is 15.1. The number of hydrogen-bond acceptors (Lipinski definition) is 4. The molecular formula is C19H26N4O2. The van der Waals surface area contributed by atoms with Gasteiger partial charge in [0.1, 0.15) is 5.75 Å². The summed E-state index contributed by atoms with van der Waals surface area (Å²) < 4.78 is 10.7. The molecule has 0 atom stereocenters. The number of nitrogens with zero attached hydrogens (tertiary/aromatic N) is 2. The van der Waals surface area contributed by atoms with Crippen LogP contribution in [0.25, 0.3) is 0 Å². The van der Waals surface area contributed by atoms with Crippen LogP contribution >= 0.6 is 0 Å². The zero-order valence-corrected chi connectivity index (χ0v) is 15.1. The van der Waals surface area contributed by atoms with Gasteiger partial charge in [0.05, 0.1) is 13.7 Å². The molecule has 1 aromatic heterocycles. The van der Waals surface area contributed by atoms with E-state index in [0.29, 0.717) is 25.6 Å². The Labute approximate surface area is 149 Å². The summed E-state index contributed by atoms with van der Waals surface area (Å²) >= 11 is 0. The van der Waals surface area contributed by atoms with Gasteiger partial charge in [-0.3, -0.25) is 4.99 Å². The minimum atomic E-state index is 0.638. The van der Waals surface area contributed by atoms with E-state index in [4.69, 9.17) is 9.47 Å². The van der Waals surface area contributed by atoms with Gasteiger partial charge in [0.15, 0.2) is 5.96 Å². The van der Waals surface area contributed by atoms with Gasteiger partial charge in [-0.15, -0.1) is 0 Å². The van der Waals surface area contributed by atoms with Crippen LogP contribution in [-0.4, -0.2) is 31.7 Å². The summed E-state index contributed by atoms with van der Waals surface area (Å²) in [6, 6.07) is 11.8. The molecule has 0 radical (unpaired) electrons. The summed E-state index contributed by atoms with van der Waals surface area (Å²) in [4.78, 5) is 8.53. The minimum absolute atomic E-state index is 0.638. The number of methoxy groups -OCH3 is 1. The average Bonchev–Trinajstić information content (AvgIpc) is 2.67. The van der Waals surface area contributed by atoms with Gasteiger partial charge in [0.2, 0.25) is 5.88 Å². The highest BCUT2D eigenvalue weighted by atomic mass is 16.5. The number of guanidine groups is 1. The molecule has 134 valence electrons. The van der Waals surface area contributed by atoms with Crippen molar-refractivity contribution in [1.82, 2.24) is 15.6 Å². The zero-order chi connectivity index (χ0) is 17.9. The first kappa shape index (κ1) is 18.6. The van der Waals surface area contributed by atoms with Crippen LogP contribution in [0.5, 0.6) is 11.6 Å². The van der Waals surface area contributed by atoms with Crippen molar-refractivity contribution in [2.45, 2.75) is 26.4 Å². The lowest BCUT2D eigenvalue weighted by Crippen LogP contribution is -2.36. The lowest BCUT2D eigenvalue weighted by atomic mass is 10.2. The number of ether oxygens (including phenoxy) is 2. The predicted octanol–water partition coefficient (Wildman–Crippen LogP) is 2.74. The van der Waals surface area contributed by atoms with Crippen molar-refractivity contribution in [2.75, 3.05) is 20.8 Å². The van der Waals surface area contributed by atoms with Crippen LogP contribution in [0, 0.1) is 0 Å². The maximum absolute atomic E-state index is 5.49. The fourth-order valence-electron chi connectivity index (χ4n) is 2.18. The van der Waals surface area contributed by atoms with Crippen LogP contribution in [-0.2, 0) is 13.1 Å². The van der Waals surface area contributed by atoms with Gasteiger partial charge in [-0.2, -0.15) is 0 Å². The first-order valence-corrected chi connectivity index (χ1v) is 8.40. The largest absolute Gasteiger partial charge is 0.497 e. The number of pyridine rings is 1. The molecule has 2 N–H and O–H groups in total. The molecule has 0 aliphatic carbocycles.